The molecule has 1 aliphatic rings. The van der Waals surface area contributed by atoms with Crippen LogP contribution in [0.5, 0.6) is 0 Å². The summed E-state index contributed by atoms with van der Waals surface area (Å²) in [5, 5.41) is 10.00. The molecular formula is C13H16N2S. The summed E-state index contributed by atoms with van der Waals surface area (Å²) < 4.78 is 0. The van der Waals surface area contributed by atoms with Gasteiger partial charge in [-0.2, -0.15) is 5.26 Å². The van der Waals surface area contributed by atoms with Gasteiger partial charge in [-0.05, 0) is 37.3 Å². The van der Waals surface area contributed by atoms with Gasteiger partial charge in [0, 0.05) is 11.9 Å². The molecule has 1 aliphatic carbocycles. The van der Waals surface area contributed by atoms with Crippen LogP contribution in [0.1, 0.15) is 36.8 Å². The van der Waals surface area contributed by atoms with Crippen LogP contribution in [0.3, 0.4) is 0 Å². The fraction of sp³-hybridized carbons (Fsp3) is 0.538. The SMILES string of the molecule is Cc1ccnc(SCC2CCCC2)c1C#N. The van der Waals surface area contributed by atoms with Crippen LogP contribution in [0.4, 0.5) is 0 Å². The Morgan fingerprint density at radius 3 is 2.94 bits per heavy atom. The highest BCUT2D eigenvalue weighted by atomic mass is 32.2. The van der Waals surface area contributed by atoms with Crippen molar-refractivity contribution in [1.82, 2.24) is 4.98 Å². The number of hydrogen-bond donors (Lipinski definition) is 0. The predicted molar refractivity (Wildman–Crippen MR) is 66.4 cm³/mol. The third-order valence-corrected chi connectivity index (χ3v) is 4.39. The molecule has 0 radical (unpaired) electrons. The van der Waals surface area contributed by atoms with Gasteiger partial charge in [0.25, 0.3) is 0 Å². The van der Waals surface area contributed by atoms with Crippen molar-refractivity contribution >= 4 is 11.8 Å². The zero-order chi connectivity index (χ0) is 11.4. The molecular weight excluding hydrogens is 216 g/mol. The standard InChI is InChI=1S/C13H16N2S/c1-10-6-7-15-13(12(10)8-14)16-9-11-4-2-3-5-11/h6-7,11H,2-5,9H2,1H3. The van der Waals surface area contributed by atoms with Crippen LogP contribution in [0.2, 0.25) is 0 Å². The topological polar surface area (TPSA) is 36.7 Å². The van der Waals surface area contributed by atoms with Crippen molar-refractivity contribution in [3.63, 3.8) is 0 Å². The van der Waals surface area contributed by atoms with E-state index in [1.807, 2.05) is 13.0 Å². The molecule has 1 heterocycles. The first kappa shape index (κ1) is 11.5. The van der Waals surface area contributed by atoms with E-state index in [4.69, 9.17) is 5.26 Å². The van der Waals surface area contributed by atoms with Crippen molar-refractivity contribution in [2.24, 2.45) is 5.92 Å². The molecule has 1 fully saturated rings. The van der Waals surface area contributed by atoms with Gasteiger partial charge >= 0.3 is 0 Å². The minimum Gasteiger partial charge on any atom is -0.249 e. The number of rotatable bonds is 3. The molecule has 0 unspecified atom stereocenters. The maximum absolute atomic E-state index is 9.09. The number of nitrogens with zero attached hydrogens (tertiary/aromatic N) is 2. The molecule has 0 saturated heterocycles. The number of hydrogen-bond acceptors (Lipinski definition) is 3. The molecule has 2 nitrogen and oxygen atoms in total. The first-order valence-corrected chi connectivity index (χ1v) is 6.78. The summed E-state index contributed by atoms with van der Waals surface area (Å²) in [6.07, 6.45) is 7.24. The molecule has 0 aliphatic heterocycles. The molecule has 0 N–H and O–H groups in total. The molecule has 16 heavy (non-hydrogen) atoms. The molecule has 2 rings (SSSR count). The number of pyridine rings is 1. The van der Waals surface area contributed by atoms with Gasteiger partial charge in [0.2, 0.25) is 0 Å². The third-order valence-electron chi connectivity index (χ3n) is 3.17. The Hall–Kier alpha value is -1.01. The highest BCUT2D eigenvalue weighted by Gasteiger charge is 2.16. The van der Waals surface area contributed by atoms with E-state index in [1.54, 1.807) is 18.0 Å². The highest BCUT2D eigenvalue weighted by Crippen LogP contribution is 2.31. The summed E-state index contributed by atoms with van der Waals surface area (Å²) in [6, 6.07) is 4.16. The van der Waals surface area contributed by atoms with Crippen molar-refractivity contribution in [2.75, 3.05) is 5.75 Å². The average molecular weight is 232 g/mol. The van der Waals surface area contributed by atoms with E-state index >= 15 is 0 Å². The van der Waals surface area contributed by atoms with E-state index in [2.05, 4.69) is 11.1 Å². The highest BCUT2D eigenvalue weighted by molar-refractivity contribution is 7.99. The van der Waals surface area contributed by atoms with Gasteiger partial charge in [-0.3, -0.25) is 0 Å². The third kappa shape index (κ3) is 2.56. The molecule has 0 atom stereocenters. The van der Waals surface area contributed by atoms with Crippen molar-refractivity contribution in [2.45, 2.75) is 37.6 Å². The average Bonchev–Trinajstić information content (AvgIpc) is 2.79. The largest absolute Gasteiger partial charge is 0.249 e. The number of aryl methyl sites for hydroxylation is 1. The maximum atomic E-state index is 9.09. The Morgan fingerprint density at radius 2 is 2.25 bits per heavy atom. The van der Waals surface area contributed by atoms with Gasteiger partial charge in [0.15, 0.2) is 0 Å². The summed E-state index contributed by atoms with van der Waals surface area (Å²) in [4.78, 5) is 4.31. The summed E-state index contributed by atoms with van der Waals surface area (Å²) in [6.45, 7) is 1.97. The Labute approximate surface area is 101 Å². The van der Waals surface area contributed by atoms with E-state index < -0.39 is 0 Å². The van der Waals surface area contributed by atoms with Gasteiger partial charge in [0.1, 0.15) is 11.1 Å². The first-order chi connectivity index (χ1) is 7.81. The lowest BCUT2D eigenvalue weighted by molar-refractivity contribution is 0.623. The smallest absolute Gasteiger partial charge is 0.114 e. The van der Waals surface area contributed by atoms with E-state index in [1.165, 1.54) is 25.7 Å². The van der Waals surface area contributed by atoms with Crippen LogP contribution in [0.25, 0.3) is 0 Å². The molecule has 84 valence electrons. The maximum Gasteiger partial charge on any atom is 0.114 e. The van der Waals surface area contributed by atoms with Crippen molar-refractivity contribution in [3.05, 3.63) is 23.4 Å². The Morgan fingerprint density at radius 1 is 1.50 bits per heavy atom. The summed E-state index contributed by atoms with van der Waals surface area (Å²) in [5.74, 6) is 1.95. The minimum absolute atomic E-state index is 0.755. The fourth-order valence-electron chi connectivity index (χ4n) is 2.15. The number of thioether (sulfide) groups is 1. The van der Waals surface area contributed by atoms with Crippen molar-refractivity contribution in [1.29, 1.82) is 5.26 Å². The monoisotopic (exact) mass is 232 g/mol. The van der Waals surface area contributed by atoms with Crippen LogP contribution >= 0.6 is 11.8 Å². The second-order valence-electron chi connectivity index (χ2n) is 4.38. The Bertz CT molecular complexity index is 403. The zero-order valence-electron chi connectivity index (χ0n) is 9.57. The first-order valence-electron chi connectivity index (χ1n) is 5.79. The minimum atomic E-state index is 0.755. The van der Waals surface area contributed by atoms with E-state index in [0.29, 0.717) is 0 Å². The zero-order valence-corrected chi connectivity index (χ0v) is 10.4. The van der Waals surface area contributed by atoms with Gasteiger partial charge in [-0.1, -0.05) is 12.8 Å². The number of nitriles is 1. The van der Waals surface area contributed by atoms with E-state index in [-0.39, 0.29) is 0 Å². The van der Waals surface area contributed by atoms with Gasteiger partial charge in [-0.25, -0.2) is 4.98 Å². The lowest BCUT2D eigenvalue weighted by Crippen LogP contribution is -1.98. The molecule has 1 saturated carbocycles. The molecule has 0 bridgehead atoms. The Kier molecular flexibility index (Phi) is 3.84. The van der Waals surface area contributed by atoms with E-state index in [0.717, 1.165) is 27.8 Å². The van der Waals surface area contributed by atoms with Crippen LogP contribution in [0.15, 0.2) is 17.3 Å². The lowest BCUT2D eigenvalue weighted by Gasteiger charge is -2.09. The van der Waals surface area contributed by atoms with Gasteiger partial charge < -0.3 is 0 Å². The summed E-state index contributed by atoms with van der Waals surface area (Å²) >= 11 is 1.75. The molecule has 0 amide bonds. The van der Waals surface area contributed by atoms with Crippen LogP contribution in [0, 0.1) is 24.2 Å². The molecule has 0 aromatic carbocycles. The summed E-state index contributed by atoms with van der Waals surface area (Å²) in [7, 11) is 0. The van der Waals surface area contributed by atoms with Crippen molar-refractivity contribution < 1.29 is 0 Å². The van der Waals surface area contributed by atoms with E-state index in [9.17, 15) is 0 Å². The van der Waals surface area contributed by atoms with Gasteiger partial charge in [-0.15, -0.1) is 11.8 Å². The van der Waals surface area contributed by atoms with Crippen LogP contribution < -0.4 is 0 Å². The Balaban J connectivity index is 2.03. The van der Waals surface area contributed by atoms with Crippen molar-refractivity contribution in [3.8, 4) is 6.07 Å². The normalized spacial score (nSPS) is 16.2. The predicted octanol–water partition coefficient (Wildman–Crippen LogP) is 3.54. The number of aromatic nitrogens is 1. The van der Waals surface area contributed by atoms with Crippen LogP contribution in [-0.4, -0.2) is 10.7 Å². The lowest BCUT2D eigenvalue weighted by atomic mass is 10.1. The van der Waals surface area contributed by atoms with Crippen LogP contribution in [-0.2, 0) is 0 Å². The molecule has 0 spiro atoms. The molecule has 1 aromatic rings. The molecule has 1 aromatic heterocycles. The second-order valence-corrected chi connectivity index (χ2v) is 5.39. The fourth-order valence-corrected chi connectivity index (χ4v) is 3.37. The summed E-state index contributed by atoms with van der Waals surface area (Å²) in [5.41, 5.74) is 1.79. The second kappa shape index (κ2) is 5.36. The molecule has 3 heteroatoms. The van der Waals surface area contributed by atoms with Gasteiger partial charge in [0.05, 0.1) is 5.56 Å². The quantitative estimate of drug-likeness (QED) is 0.748.